The first-order valence-corrected chi connectivity index (χ1v) is 5.89. The Morgan fingerprint density at radius 2 is 1.22 bits per heavy atom. The van der Waals surface area contributed by atoms with E-state index in [9.17, 15) is 0 Å². The van der Waals surface area contributed by atoms with Gasteiger partial charge in [0.05, 0.1) is 7.11 Å². The van der Waals surface area contributed by atoms with E-state index in [4.69, 9.17) is 9.62 Å². The minimum atomic E-state index is -0.208. The molecular weight excluding hydrogens is 232 g/mol. The minimum Gasteiger partial charge on any atom is -0.388 e. The quantitative estimate of drug-likeness (QED) is 0.461. The summed E-state index contributed by atoms with van der Waals surface area (Å²) in [5.74, 6) is 0. The lowest BCUT2D eigenvalue weighted by Crippen LogP contribution is -2.13. The fraction of sp³-hybridized carbons (Fsp3) is 0.571. The van der Waals surface area contributed by atoms with E-state index in [1.165, 1.54) is 7.11 Å². The second kappa shape index (κ2) is 18.4. The number of ether oxygens (including phenoxy) is 2. The first-order valence-electron chi connectivity index (χ1n) is 5.89. The van der Waals surface area contributed by atoms with E-state index in [0.717, 1.165) is 12.8 Å². The summed E-state index contributed by atoms with van der Waals surface area (Å²) < 4.78 is 9.13. The van der Waals surface area contributed by atoms with Crippen LogP contribution in [0.1, 0.15) is 19.8 Å². The summed E-state index contributed by atoms with van der Waals surface area (Å²) in [5, 5.41) is 0. The summed E-state index contributed by atoms with van der Waals surface area (Å²) in [4.78, 5) is 9.13. The van der Waals surface area contributed by atoms with Crippen LogP contribution in [0, 0.1) is 0 Å². The van der Waals surface area contributed by atoms with Crippen LogP contribution in [0.4, 0.5) is 0 Å². The van der Waals surface area contributed by atoms with E-state index in [1.54, 1.807) is 21.3 Å². The van der Waals surface area contributed by atoms with Crippen molar-refractivity contribution in [2.45, 2.75) is 26.1 Å². The molecule has 1 aromatic rings. The Balaban J connectivity index is 0. The van der Waals surface area contributed by atoms with Crippen LogP contribution >= 0.6 is 0 Å². The second-order valence-electron chi connectivity index (χ2n) is 3.28. The summed E-state index contributed by atoms with van der Waals surface area (Å²) in [6.07, 6.45) is 1.69. The smallest absolute Gasteiger partial charge is 0.190 e. The molecule has 4 heteroatoms. The lowest BCUT2D eigenvalue weighted by atomic mass is 10.3. The van der Waals surface area contributed by atoms with Gasteiger partial charge in [-0.15, -0.1) is 0 Å². The topological polar surface area (TPSA) is 36.9 Å². The van der Waals surface area contributed by atoms with Crippen molar-refractivity contribution in [3.05, 3.63) is 36.4 Å². The third-order valence-corrected chi connectivity index (χ3v) is 1.66. The first kappa shape index (κ1) is 19.4. The van der Waals surface area contributed by atoms with Crippen LogP contribution in [0.25, 0.3) is 0 Å². The van der Waals surface area contributed by atoms with E-state index < -0.39 is 0 Å². The van der Waals surface area contributed by atoms with Crippen LogP contribution in [-0.2, 0) is 19.2 Å². The van der Waals surface area contributed by atoms with Crippen molar-refractivity contribution in [1.82, 2.24) is 0 Å². The van der Waals surface area contributed by atoms with Gasteiger partial charge in [0.15, 0.2) is 6.29 Å². The molecule has 4 nitrogen and oxygen atoms in total. The fourth-order valence-corrected chi connectivity index (χ4v) is 0.933. The van der Waals surface area contributed by atoms with Gasteiger partial charge in [-0.3, -0.25) is 0 Å². The van der Waals surface area contributed by atoms with E-state index in [2.05, 4.69) is 16.5 Å². The molecule has 106 valence electrons. The molecule has 0 fully saturated rings. The number of hydrogen-bond donors (Lipinski definition) is 0. The Hall–Kier alpha value is -0.940. The predicted octanol–water partition coefficient (Wildman–Crippen LogP) is 3.29. The van der Waals surface area contributed by atoms with Crippen molar-refractivity contribution in [1.29, 1.82) is 0 Å². The highest BCUT2D eigenvalue weighted by Crippen LogP contribution is 2.01. The Labute approximate surface area is 111 Å². The molecule has 1 atom stereocenters. The largest absolute Gasteiger partial charge is 0.388 e. The van der Waals surface area contributed by atoms with Gasteiger partial charge < -0.3 is 9.47 Å². The van der Waals surface area contributed by atoms with Crippen LogP contribution in [0.5, 0.6) is 0 Å². The van der Waals surface area contributed by atoms with Gasteiger partial charge in [-0.2, -0.15) is 0 Å². The molecule has 0 heterocycles. The van der Waals surface area contributed by atoms with Crippen LogP contribution in [0.15, 0.2) is 36.4 Å². The standard InChI is InChI=1S/C6H14O3.C6H6.C2H6O/c1-4-5-6(7-2)9-8-3;1-2-4-6-5-3-1;1-3-2/h6H,4-5H2,1-3H3;1-6H;1-2H3. The fourth-order valence-electron chi connectivity index (χ4n) is 0.933. The van der Waals surface area contributed by atoms with Gasteiger partial charge in [0.1, 0.15) is 0 Å². The maximum Gasteiger partial charge on any atom is 0.190 e. The zero-order valence-electron chi connectivity index (χ0n) is 12.1. The Morgan fingerprint density at radius 3 is 1.44 bits per heavy atom. The summed E-state index contributed by atoms with van der Waals surface area (Å²) in [5.41, 5.74) is 0. The Bertz CT molecular complexity index is 184. The van der Waals surface area contributed by atoms with Crippen molar-refractivity contribution < 1.29 is 19.2 Å². The predicted molar refractivity (Wildman–Crippen MR) is 73.2 cm³/mol. The van der Waals surface area contributed by atoms with E-state index in [-0.39, 0.29) is 6.29 Å². The molecule has 0 N–H and O–H groups in total. The summed E-state index contributed by atoms with van der Waals surface area (Å²) in [6.45, 7) is 2.06. The SMILES string of the molecule is CCCC(OC)OOC.COC.c1ccccc1. The number of hydrogen-bond acceptors (Lipinski definition) is 4. The zero-order valence-corrected chi connectivity index (χ0v) is 12.1. The van der Waals surface area contributed by atoms with Gasteiger partial charge in [0.2, 0.25) is 0 Å². The normalized spacial score (nSPS) is 10.5. The van der Waals surface area contributed by atoms with Crippen LogP contribution in [0.3, 0.4) is 0 Å². The molecule has 0 aliphatic carbocycles. The molecule has 0 saturated heterocycles. The van der Waals surface area contributed by atoms with Gasteiger partial charge >= 0.3 is 0 Å². The van der Waals surface area contributed by atoms with Crippen molar-refractivity contribution in [3.63, 3.8) is 0 Å². The number of methoxy groups -OCH3 is 2. The molecule has 0 aliphatic heterocycles. The van der Waals surface area contributed by atoms with Crippen LogP contribution in [-0.4, -0.2) is 34.7 Å². The van der Waals surface area contributed by atoms with Gasteiger partial charge in [0, 0.05) is 27.8 Å². The molecular formula is C14H26O4. The molecule has 0 aliphatic rings. The minimum absolute atomic E-state index is 0.208. The molecule has 0 amide bonds. The van der Waals surface area contributed by atoms with Crippen LogP contribution in [0.2, 0.25) is 0 Å². The molecule has 18 heavy (non-hydrogen) atoms. The summed E-state index contributed by atoms with van der Waals surface area (Å²) >= 11 is 0. The highest BCUT2D eigenvalue weighted by molar-refractivity contribution is 4.99. The van der Waals surface area contributed by atoms with E-state index in [0.29, 0.717) is 0 Å². The molecule has 0 aromatic heterocycles. The number of benzene rings is 1. The molecule has 0 radical (unpaired) electrons. The Kier molecular flexibility index (Phi) is 19.9. The molecule has 1 rings (SSSR count). The molecule has 1 unspecified atom stereocenters. The monoisotopic (exact) mass is 258 g/mol. The van der Waals surface area contributed by atoms with Crippen molar-refractivity contribution >= 4 is 0 Å². The lowest BCUT2D eigenvalue weighted by molar-refractivity contribution is -0.360. The van der Waals surface area contributed by atoms with Gasteiger partial charge in [-0.1, -0.05) is 49.7 Å². The van der Waals surface area contributed by atoms with Crippen molar-refractivity contribution in [2.24, 2.45) is 0 Å². The van der Waals surface area contributed by atoms with Crippen molar-refractivity contribution in [2.75, 3.05) is 28.4 Å². The molecule has 0 spiro atoms. The zero-order chi connectivity index (χ0) is 14.1. The molecule has 0 saturated carbocycles. The van der Waals surface area contributed by atoms with Crippen molar-refractivity contribution in [3.8, 4) is 0 Å². The average Bonchev–Trinajstić information content (AvgIpc) is 2.42. The number of rotatable bonds is 5. The third-order valence-electron chi connectivity index (χ3n) is 1.66. The van der Waals surface area contributed by atoms with Crippen LogP contribution < -0.4 is 0 Å². The third kappa shape index (κ3) is 17.5. The van der Waals surface area contributed by atoms with Gasteiger partial charge in [-0.25, -0.2) is 9.78 Å². The molecule has 1 aromatic carbocycles. The Morgan fingerprint density at radius 1 is 0.833 bits per heavy atom. The highest BCUT2D eigenvalue weighted by atomic mass is 17.2. The summed E-state index contributed by atoms with van der Waals surface area (Å²) in [6, 6.07) is 12.0. The average molecular weight is 258 g/mol. The molecule has 0 bridgehead atoms. The first-order chi connectivity index (χ1) is 8.76. The van der Waals surface area contributed by atoms with E-state index in [1.807, 2.05) is 36.4 Å². The highest BCUT2D eigenvalue weighted by Gasteiger charge is 2.04. The summed E-state index contributed by atoms with van der Waals surface area (Å²) in [7, 11) is 6.32. The van der Waals surface area contributed by atoms with Gasteiger partial charge in [0.25, 0.3) is 0 Å². The maximum atomic E-state index is 4.88. The van der Waals surface area contributed by atoms with Gasteiger partial charge in [-0.05, 0) is 0 Å². The maximum absolute atomic E-state index is 4.88. The lowest BCUT2D eigenvalue weighted by Gasteiger charge is -2.11. The van der Waals surface area contributed by atoms with E-state index >= 15 is 0 Å². The second-order valence-corrected chi connectivity index (χ2v) is 3.28.